The molecule has 1 atom stereocenters. The van der Waals surface area contributed by atoms with Gasteiger partial charge in [0.25, 0.3) is 5.91 Å². The summed E-state index contributed by atoms with van der Waals surface area (Å²) in [7, 11) is 0. The second kappa shape index (κ2) is 9.14. The molecule has 1 amide bonds. The third-order valence-corrected chi connectivity index (χ3v) is 4.94. The van der Waals surface area contributed by atoms with Gasteiger partial charge in [0, 0.05) is 12.6 Å². The average Bonchev–Trinajstić information content (AvgIpc) is 3.03. The third kappa shape index (κ3) is 4.43. The van der Waals surface area contributed by atoms with Crippen molar-refractivity contribution >= 4 is 22.9 Å². The fourth-order valence-corrected chi connectivity index (χ4v) is 3.56. The van der Waals surface area contributed by atoms with Crippen LogP contribution in [0.3, 0.4) is 0 Å². The highest BCUT2D eigenvalue weighted by Gasteiger charge is 2.23. The Kier molecular flexibility index (Phi) is 6.63. The standard InChI is InChI=1S/C20H29N3O3/c1-3-25-13-14-26-15(2)19(24)22-20-21-17-11-7-8-12-18(17)23(20)16-9-5-4-6-10-16/h7-8,11-12,15-16H,3-6,9-10,13-14H2,1-2H3,(H,21,22,24)/t15-/m0/s1. The molecule has 6 heteroatoms. The summed E-state index contributed by atoms with van der Waals surface area (Å²) < 4.78 is 13.0. The van der Waals surface area contributed by atoms with Gasteiger partial charge in [0.05, 0.1) is 24.2 Å². The lowest BCUT2D eigenvalue weighted by Crippen LogP contribution is -2.30. The highest BCUT2D eigenvalue weighted by Crippen LogP contribution is 2.34. The number of nitrogens with one attached hydrogen (secondary N) is 1. The van der Waals surface area contributed by atoms with Gasteiger partial charge in [-0.2, -0.15) is 0 Å². The fraction of sp³-hybridized carbons (Fsp3) is 0.600. The fourth-order valence-electron chi connectivity index (χ4n) is 3.56. The smallest absolute Gasteiger partial charge is 0.255 e. The number of anilines is 1. The van der Waals surface area contributed by atoms with E-state index < -0.39 is 6.10 Å². The summed E-state index contributed by atoms with van der Waals surface area (Å²) in [5, 5.41) is 2.99. The van der Waals surface area contributed by atoms with Crippen LogP contribution in [0.25, 0.3) is 11.0 Å². The van der Waals surface area contributed by atoms with Crippen LogP contribution in [0.1, 0.15) is 52.0 Å². The Morgan fingerprint density at radius 2 is 2.04 bits per heavy atom. The number of nitrogens with zero attached hydrogens (tertiary/aromatic N) is 2. The zero-order chi connectivity index (χ0) is 18.4. The number of carbonyl (C=O) groups excluding carboxylic acids is 1. The van der Waals surface area contributed by atoms with E-state index in [0.29, 0.717) is 31.8 Å². The molecule has 1 aromatic carbocycles. The maximum atomic E-state index is 12.6. The average molecular weight is 359 g/mol. The van der Waals surface area contributed by atoms with Crippen LogP contribution in [-0.4, -0.2) is 41.4 Å². The molecule has 1 N–H and O–H groups in total. The minimum Gasteiger partial charge on any atom is -0.379 e. The number of benzene rings is 1. The summed E-state index contributed by atoms with van der Waals surface area (Å²) in [5.74, 6) is 0.456. The molecule has 0 bridgehead atoms. The number of ether oxygens (including phenoxy) is 2. The normalized spacial score (nSPS) is 16.7. The van der Waals surface area contributed by atoms with E-state index >= 15 is 0 Å². The number of hydrogen-bond acceptors (Lipinski definition) is 4. The molecule has 0 saturated heterocycles. The largest absolute Gasteiger partial charge is 0.379 e. The van der Waals surface area contributed by atoms with E-state index in [1.807, 2.05) is 25.1 Å². The Hall–Kier alpha value is -1.92. The highest BCUT2D eigenvalue weighted by atomic mass is 16.5. The van der Waals surface area contributed by atoms with E-state index in [4.69, 9.17) is 9.47 Å². The van der Waals surface area contributed by atoms with Gasteiger partial charge in [0.1, 0.15) is 6.10 Å². The maximum Gasteiger partial charge on any atom is 0.255 e. The second-order valence-corrected chi connectivity index (χ2v) is 6.79. The highest BCUT2D eigenvalue weighted by molar-refractivity contribution is 5.94. The number of para-hydroxylation sites is 2. The molecule has 1 fully saturated rings. The molecule has 1 aliphatic carbocycles. The zero-order valence-corrected chi connectivity index (χ0v) is 15.7. The monoisotopic (exact) mass is 359 g/mol. The van der Waals surface area contributed by atoms with Gasteiger partial charge in [0.15, 0.2) is 0 Å². The molecule has 1 heterocycles. The quantitative estimate of drug-likeness (QED) is 0.726. The maximum absolute atomic E-state index is 12.6. The van der Waals surface area contributed by atoms with Crippen molar-refractivity contribution in [2.45, 2.75) is 58.1 Å². The molecule has 6 nitrogen and oxygen atoms in total. The van der Waals surface area contributed by atoms with Crippen molar-refractivity contribution in [3.05, 3.63) is 24.3 Å². The van der Waals surface area contributed by atoms with Crippen molar-refractivity contribution in [2.75, 3.05) is 25.1 Å². The predicted molar refractivity (Wildman–Crippen MR) is 102 cm³/mol. The van der Waals surface area contributed by atoms with Gasteiger partial charge < -0.3 is 14.0 Å². The van der Waals surface area contributed by atoms with Crippen LogP contribution in [0.5, 0.6) is 0 Å². The molecule has 26 heavy (non-hydrogen) atoms. The third-order valence-electron chi connectivity index (χ3n) is 4.94. The second-order valence-electron chi connectivity index (χ2n) is 6.79. The minimum absolute atomic E-state index is 0.172. The number of fused-ring (bicyclic) bond motifs is 1. The van der Waals surface area contributed by atoms with Gasteiger partial charge in [-0.3, -0.25) is 10.1 Å². The Balaban J connectivity index is 1.75. The molecule has 1 saturated carbocycles. The van der Waals surface area contributed by atoms with Crippen molar-refractivity contribution in [3.8, 4) is 0 Å². The molecule has 0 aliphatic heterocycles. The van der Waals surface area contributed by atoms with Crippen LogP contribution in [0.4, 0.5) is 5.95 Å². The molecule has 2 aromatic rings. The number of carbonyl (C=O) groups is 1. The lowest BCUT2D eigenvalue weighted by molar-refractivity contribution is -0.127. The van der Waals surface area contributed by atoms with Crippen LogP contribution >= 0.6 is 0 Å². The van der Waals surface area contributed by atoms with Crippen LogP contribution in [0.15, 0.2) is 24.3 Å². The molecule has 0 spiro atoms. The number of rotatable bonds is 8. The molecule has 3 rings (SSSR count). The van der Waals surface area contributed by atoms with Crippen molar-refractivity contribution in [3.63, 3.8) is 0 Å². The molecule has 0 radical (unpaired) electrons. The summed E-state index contributed by atoms with van der Waals surface area (Å²) in [6.07, 6.45) is 5.45. The van der Waals surface area contributed by atoms with Crippen molar-refractivity contribution in [1.82, 2.24) is 9.55 Å². The van der Waals surface area contributed by atoms with Crippen molar-refractivity contribution in [1.29, 1.82) is 0 Å². The SMILES string of the molecule is CCOCCO[C@@H](C)C(=O)Nc1nc2ccccc2n1C1CCCCC1. The van der Waals surface area contributed by atoms with Gasteiger partial charge in [-0.05, 0) is 38.8 Å². The first-order valence-electron chi connectivity index (χ1n) is 9.68. The number of imidazole rings is 1. The summed E-state index contributed by atoms with van der Waals surface area (Å²) in [5.41, 5.74) is 2.00. The summed E-state index contributed by atoms with van der Waals surface area (Å²) >= 11 is 0. The van der Waals surface area contributed by atoms with E-state index in [9.17, 15) is 4.79 Å². The lowest BCUT2D eigenvalue weighted by atomic mass is 9.95. The zero-order valence-electron chi connectivity index (χ0n) is 15.7. The number of hydrogen-bond donors (Lipinski definition) is 1. The first kappa shape index (κ1) is 18.9. The Morgan fingerprint density at radius 3 is 2.81 bits per heavy atom. The molecular formula is C20H29N3O3. The number of aromatic nitrogens is 2. The molecule has 1 aliphatic rings. The van der Waals surface area contributed by atoms with Gasteiger partial charge in [-0.1, -0.05) is 31.4 Å². The van der Waals surface area contributed by atoms with E-state index in [1.54, 1.807) is 6.92 Å². The van der Waals surface area contributed by atoms with Gasteiger partial charge >= 0.3 is 0 Å². The summed E-state index contributed by atoms with van der Waals surface area (Å²) in [6, 6.07) is 8.46. The minimum atomic E-state index is -0.546. The summed E-state index contributed by atoms with van der Waals surface area (Å²) in [4.78, 5) is 17.2. The molecule has 1 aromatic heterocycles. The molecular weight excluding hydrogens is 330 g/mol. The van der Waals surface area contributed by atoms with E-state index in [2.05, 4.69) is 20.9 Å². The van der Waals surface area contributed by atoms with Gasteiger partial charge in [0.2, 0.25) is 5.95 Å². The first-order chi connectivity index (χ1) is 12.7. The molecule has 142 valence electrons. The van der Waals surface area contributed by atoms with Crippen molar-refractivity contribution < 1.29 is 14.3 Å². The summed E-state index contributed by atoms with van der Waals surface area (Å²) in [6.45, 7) is 5.24. The first-order valence-corrected chi connectivity index (χ1v) is 9.68. The van der Waals surface area contributed by atoms with Gasteiger partial charge in [-0.15, -0.1) is 0 Å². The predicted octanol–water partition coefficient (Wildman–Crippen LogP) is 3.92. The van der Waals surface area contributed by atoms with E-state index in [0.717, 1.165) is 23.9 Å². The van der Waals surface area contributed by atoms with Crippen LogP contribution in [0.2, 0.25) is 0 Å². The Labute approximate surface area is 154 Å². The van der Waals surface area contributed by atoms with Crippen molar-refractivity contribution in [2.24, 2.45) is 0 Å². The number of amides is 1. The van der Waals surface area contributed by atoms with Gasteiger partial charge in [-0.25, -0.2) is 4.98 Å². The Morgan fingerprint density at radius 1 is 1.27 bits per heavy atom. The van der Waals surface area contributed by atoms with E-state index in [-0.39, 0.29) is 5.91 Å². The molecule has 0 unspecified atom stereocenters. The Bertz CT molecular complexity index is 722. The van der Waals surface area contributed by atoms with E-state index in [1.165, 1.54) is 19.3 Å². The topological polar surface area (TPSA) is 65.4 Å². The van der Waals surface area contributed by atoms with Crippen LogP contribution in [-0.2, 0) is 14.3 Å². The lowest BCUT2D eigenvalue weighted by Gasteiger charge is -2.25. The van der Waals surface area contributed by atoms with Crippen LogP contribution < -0.4 is 5.32 Å². The van der Waals surface area contributed by atoms with Crippen LogP contribution in [0, 0.1) is 0 Å².